The highest BCUT2D eigenvalue weighted by Gasteiger charge is 2.22. The number of hydrogen-bond donors (Lipinski definition) is 2. The number of aliphatic hydroxyl groups is 1. The van der Waals surface area contributed by atoms with E-state index in [1.165, 1.54) is 0 Å². The summed E-state index contributed by atoms with van der Waals surface area (Å²) in [5, 5.41) is 13.3. The van der Waals surface area contributed by atoms with E-state index < -0.39 is 12.2 Å². The number of carbonyl (C=O) groups excluding carboxylic acids is 1. The Morgan fingerprint density at radius 1 is 1.12 bits per heavy atom. The predicted molar refractivity (Wildman–Crippen MR) is 106 cm³/mol. The van der Waals surface area contributed by atoms with Gasteiger partial charge in [-0.2, -0.15) is 0 Å². The minimum atomic E-state index is -0.588. The van der Waals surface area contributed by atoms with Crippen molar-refractivity contribution in [2.24, 2.45) is 0 Å². The van der Waals surface area contributed by atoms with Gasteiger partial charge in [-0.25, -0.2) is 4.79 Å². The Kier molecular flexibility index (Phi) is 9.07. The molecule has 0 saturated heterocycles. The standard InChI is InChI=1S/C21H27NO3S/c1-2-3-14-20(23)19(16-26-18-12-8-5-9-13-18)22-21(24)25-15-17-10-6-4-7-11-17/h4-13,19-20,23H,2-3,14-16H2,1H3,(H,22,24)/t19-,20-/m0/s1. The molecule has 0 bridgehead atoms. The van der Waals surface area contributed by atoms with E-state index in [1.54, 1.807) is 11.8 Å². The molecule has 0 saturated carbocycles. The lowest BCUT2D eigenvalue weighted by molar-refractivity contribution is 0.102. The molecular formula is C21H27NO3S. The van der Waals surface area contributed by atoms with Gasteiger partial charge in [0.15, 0.2) is 0 Å². The van der Waals surface area contributed by atoms with E-state index in [1.807, 2.05) is 60.7 Å². The highest BCUT2D eigenvalue weighted by molar-refractivity contribution is 7.99. The Morgan fingerprint density at radius 2 is 1.77 bits per heavy atom. The maximum atomic E-state index is 12.2. The second kappa shape index (κ2) is 11.6. The zero-order chi connectivity index (χ0) is 18.6. The molecule has 1 amide bonds. The van der Waals surface area contributed by atoms with E-state index in [9.17, 15) is 9.90 Å². The number of rotatable bonds is 10. The van der Waals surface area contributed by atoms with Crippen molar-refractivity contribution in [2.45, 2.75) is 49.8 Å². The van der Waals surface area contributed by atoms with E-state index in [0.29, 0.717) is 12.2 Å². The molecule has 2 N–H and O–H groups in total. The van der Waals surface area contributed by atoms with Crippen molar-refractivity contribution in [3.63, 3.8) is 0 Å². The zero-order valence-electron chi connectivity index (χ0n) is 15.1. The quantitative estimate of drug-likeness (QED) is 0.597. The Bertz CT molecular complexity index is 636. The summed E-state index contributed by atoms with van der Waals surface area (Å²) in [5.74, 6) is 0.593. The molecule has 2 aromatic rings. The molecule has 5 heteroatoms. The van der Waals surface area contributed by atoms with Gasteiger partial charge in [0.1, 0.15) is 6.61 Å². The number of aliphatic hydroxyl groups excluding tert-OH is 1. The summed E-state index contributed by atoms with van der Waals surface area (Å²) in [4.78, 5) is 13.3. The summed E-state index contributed by atoms with van der Waals surface area (Å²) in [6.07, 6.45) is 1.51. The van der Waals surface area contributed by atoms with Crippen molar-refractivity contribution >= 4 is 17.9 Å². The minimum Gasteiger partial charge on any atom is -0.445 e. The van der Waals surface area contributed by atoms with Crippen LogP contribution in [0.3, 0.4) is 0 Å². The first-order valence-electron chi connectivity index (χ1n) is 9.02. The normalized spacial score (nSPS) is 13.0. The van der Waals surface area contributed by atoms with Gasteiger partial charge in [0.2, 0.25) is 0 Å². The first kappa shape index (κ1) is 20.3. The number of hydrogen-bond acceptors (Lipinski definition) is 4. The molecule has 0 aromatic heterocycles. The number of carbonyl (C=O) groups is 1. The Balaban J connectivity index is 1.88. The number of thioether (sulfide) groups is 1. The topological polar surface area (TPSA) is 58.6 Å². The molecule has 140 valence electrons. The van der Waals surface area contributed by atoms with Gasteiger partial charge in [0, 0.05) is 10.6 Å². The van der Waals surface area contributed by atoms with Crippen LogP contribution in [-0.4, -0.2) is 29.1 Å². The summed E-state index contributed by atoms with van der Waals surface area (Å²) in [7, 11) is 0. The van der Waals surface area contributed by atoms with Gasteiger partial charge in [-0.3, -0.25) is 0 Å². The van der Waals surface area contributed by atoms with Crippen LogP contribution in [-0.2, 0) is 11.3 Å². The monoisotopic (exact) mass is 373 g/mol. The van der Waals surface area contributed by atoms with Crippen LogP contribution in [0.2, 0.25) is 0 Å². The van der Waals surface area contributed by atoms with Crippen LogP contribution < -0.4 is 5.32 Å². The molecule has 2 rings (SSSR count). The lowest BCUT2D eigenvalue weighted by Crippen LogP contribution is -2.45. The van der Waals surface area contributed by atoms with Crippen molar-refractivity contribution < 1.29 is 14.6 Å². The van der Waals surface area contributed by atoms with Crippen molar-refractivity contribution in [3.8, 4) is 0 Å². The number of amides is 1. The highest BCUT2D eigenvalue weighted by atomic mass is 32.2. The lowest BCUT2D eigenvalue weighted by atomic mass is 10.1. The average molecular weight is 374 g/mol. The smallest absolute Gasteiger partial charge is 0.407 e. The van der Waals surface area contributed by atoms with Gasteiger partial charge in [0.25, 0.3) is 0 Å². The van der Waals surface area contributed by atoms with Crippen LogP contribution in [0.15, 0.2) is 65.6 Å². The number of nitrogens with one attached hydrogen (secondary N) is 1. The van der Waals surface area contributed by atoms with E-state index in [4.69, 9.17) is 4.74 Å². The number of benzene rings is 2. The molecule has 2 atom stereocenters. The minimum absolute atomic E-state index is 0.219. The summed E-state index contributed by atoms with van der Waals surface area (Å²) in [6, 6.07) is 19.2. The van der Waals surface area contributed by atoms with Crippen molar-refractivity contribution in [3.05, 3.63) is 66.2 Å². The van der Waals surface area contributed by atoms with Crippen molar-refractivity contribution in [1.29, 1.82) is 0 Å². The van der Waals surface area contributed by atoms with E-state index in [2.05, 4.69) is 12.2 Å². The molecule has 4 nitrogen and oxygen atoms in total. The summed E-state index contributed by atoms with van der Waals surface area (Å²) in [5.41, 5.74) is 0.935. The van der Waals surface area contributed by atoms with Crippen LogP contribution in [0.1, 0.15) is 31.7 Å². The molecule has 26 heavy (non-hydrogen) atoms. The van der Waals surface area contributed by atoms with E-state index in [-0.39, 0.29) is 12.6 Å². The Labute approximate surface area is 160 Å². The summed E-state index contributed by atoms with van der Waals surface area (Å²) >= 11 is 1.62. The van der Waals surface area contributed by atoms with Crippen LogP contribution >= 0.6 is 11.8 Å². The van der Waals surface area contributed by atoms with Gasteiger partial charge in [-0.1, -0.05) is 68.3 Å². The van der Waals surface area contributed by atoms with Gasteiger partial charge in [-0.05, 0) is 24.1 Å². The molecule has 0 spiro atoms. The molecule has 0 aliphatic heterocycles. The molecule has 0 aliphatic carbocycles. The van der Waals surface area contributed by atoms with Gasteiger partial charge >= 0.3 is 6.09 Å². The zero-order valence-corrected chi connectivity index (χ0v) is 16.0. The number of ether oxygens (including phenoxy) is 1. The summed E-state index contributed by atoms with van der Waals surface area (Å²) in [6.45, 7) is 2.30. The molecular weight excluding hydrogens is 346 g/mol. The number of unbranched alkanes of at least 4 members (excludes halogenated alkanes) is 1. The van der Waals surface area contributed by atoms with Crippen LogP contribution in [0.5, 0.6) is 0 Å². The molecule has 0 fully saturated rings. The molecule has 0 unspecified atom stereocenters. The first-order valence-corrected chi connectivity index (χ1v) is 10.0. The number of alkyl carbamates (subject to hydrolysis) is 1. The Hall–Kier alpha value is -1.98. The van der Waals surface area contributed by atoms with Crippen LogP contribution in [0.4, 0.5) is 4.79 Å². The molecule has 0 aliphatic rings. The molecule has 0 heterocycles. The third-order valence-corrected chi connectivity index (χ3v) is 5.14. The van der Waals surface area contributed by atoms with Gasteiger partial charge in [0.05, 0.1) is 12.1 Å². The van der Waals surface area contributed by atoms with E-state index in [0.717, 1.165) is 23.3 Å². The van der Waals surface area contributed by atoms with Crippen LogP contribution in [0, 0.1) is 0 Å². The third-order valence-electron chi connectivity index (χ3n) is 4.01. The summed E-state index contributed by atoms with van der Waals surface area (Å²) < 4.78 is 5.29. The maximum absolute atomic E-state index is 12.2. The van der Waals surface area contributed by atoms with E-state index >= 15 is 0 Å². The fourth-order valence-electron chi connectivity index (χ4n) is 2.48. The molecule has 2 aromatic carbocycles. The molecule has 0 radical (unpaired) electrons. The Morgan fingerprint density at radius 3 is 2.42 bits per heavy atom. The van der Waals surface area contributed by atoms with Crippen molar-refractivity contribution in [2.75, 3.05) is 5.75 Å². The van der Waals surface area contributed by atoms with Crippen LogP contribution in [0.25, 0.3) is 0 Å². The van der Waals surface area contributed by atoms with Crippen molar-refractivity contribution in [1.82, 2.24) is 5.32 Å². The van der Waals surface area contributed by atoms with Gasteiger partial charge in [-0.15, -0.1) is 11.8 Å². The second-order valence-corrected chi connectivity index (χ2v) is 7.24. The largest absolute Gasteiger partial charge is 0.445 e. The fraction of sp³-hybridized carbons (Fsp3) is 0.381. The SMILES string of the molecule is CCCC[C@H](O)[C@H](CSc1ccccc1)NC(=O)OCc1ccccc1. The second-order valence-electron chi connectivity index (χ2n) is 6.15. The fourth-order valence-corrected chi connectivity index (χ4v) is 3.51. The predicted octanol–water partition coefficient (Wildman–Crippen LogP) is 4.62. The van der Waals surface area contributed by atoms with Gasteiger partial charge < -0.3 is 15.2 Å². The average Bonchev–Trinajstić information content (AvgIpc) is 2.69. The highest BCUT2D eigenvalue weighted by Crippen LogP contribution is 2.20. The lowest BCUT2D eigenvalue weighted by Gasteiger charge is -2.23. The first-order chi connectivity index (χ1) is 12.7. The third kappa shape index (κ3) is 7.50. The maximum Gasteiger partial charge on any atom is 0.407 e.